The van der Waals surface area contributed by atoms with Crippen molar-refractivity contribution in [2.45, 2.75) is 23.5 Å². The lowest BCUT2D eigenvalue weighted by Crippen LogP contribution is -1.96. The first-order valence-electron chi connectivity index (χ1n) is 10.0. The summed E-state index contributed by atoms with van der Waals surface area (Å²) in [6, 6.07) is 30.0. The number of hydrogen-bond donors (Lipinski definition) is 0. The highest BCUT2D eigenvalue weighted by Gasteiger charge is 2.10. The third-order valence-electron chi connectivity index (χ3n) is 5.25. The van der Waals surface area contributed by atoms with E-state index in [9.17, 15) is 0 Å². The third kappa shape index (κ3) is 4.53. The lowest BCUT2D eigenvalue weighted by atomic mass is 9.98. The Morgan fingerprint density at radius 2 is 0.933 bits per heavy atom. The van der Waals surface area contributed by atoms with Crippen LogP contribution in [0.2, 0.25) is 0 Å². The largest absolute Gasteiger partial charge is 0.0834 e. The normalized spacial score (nSPS) is 12.8. The standard InChI is InChI=1S/C28H22Br2/c1-19(29)27(25-13-11-21-7-3-5-9-23(21)17-25)15-16-28(20(2)30)26-14-12-22-8-4-6-10-24(22)18-26/h3-14,17-20H,1-2H3. The van der Waals surface area contributed by atoms with Crippen LogP contribution < -0.4 is 0 Å². The van der Waals surface area contributed by atoms with Crippen LogP contribution in [0.1, 0.15) is 25.0 Å². The van der Waals surface area contributed by atoms with E-state index in [0.717, 1.165) is 22.3 Å². The van der Waals surface area contributed by atoms with E-state index in [1.165, 1.54) is 21.5 Å². The summed E-state index contributed by atoms with van der Waals surface area (Å²) in [4.78, 5) is 0.323. The minimum atomic E-state index is 0.162. The fraction of sp³-hybridized carbons (Fsp3) is 0.143. The zero-order chi connectivity index (χ0) is 21.1. The molecule has 4 aromatic rings. The highest BCUT2D eigenvalue weighted by molar-refractivity contribution is 9.10. The van der Waals surface area contributed by atoms with E-state index >= 15 is 0 Å². The summed E-state index contributed by atoms with van der Waals surface area (Å²) in [6.07, 6.45) is 0. The van der Waals surface area contributed by atoms with Crippen LogP contribution in [0.4, 0.5) is 0 Å². The number of fused-ring (bicyclic) bond motifs is 2. The molecule has 4 rings (SSSR count). The van der Waals surface area contributed by atoms with Crippen molar-refractivity contribution >= 4 is 64.6 Å². The smallest absolute Gasteiger partial charge is 0.0452 e. The minimum absolute atomic E-state index is 0.162. The molecular weight excluding hydrogens is 496 g/mol. The van der Waals surface area contributed by atoms with E-state index < -0.39 is 0 Å². The predicted octanol–water partition coefficient (Wildman–Crippen LogP) is 8.78. The van der Waals surface area contributed by atoms with Gasteiger partial charge in [0.2, 0.25) is 0 Å². The molecule has 0 fully saturated rings. The molecular formula is C28H22Br2. The molecule has 148 valence electrons. The van der Waals surface area contributed by atoms with Gasteiger partial charge in [0.25, 0.3) is 0 Å². The monoisotopic (exact) mass is 516 g/mol. The van der Waals surface area contributed by atoms with Gasteiger partial charge in [-0.2, -0.15) is 0 Å². The Morgan fingerprint density at radius 1 is 0.567 bits per heavy atom. The number of allylic oxidation sites excluding steroid dienone is 2. The average Bonchev–Trinajstić information content (AvgIpc) is 2.75. The average molecular weight is 518 g/mol. The van der Waals surface area contributed by atoms with E-state index in [2.05, 4.69) is 142 Å². The zero-order valence-corrected chi connectivity index (χ0v) is 20.2. The number of benzene rings is 4. The van der Waals surface area contributed by atoms with E-state index in [0.29, 0.717) is 0 Å². The molecule has 0 bridgehead atoms. The molecule has 4 aromatic carbocycles. The Hall–Kier alpha value is -2.34. The van der Waals surface area contributed by atoms with Crippen LogP contribution in [0.3, 0.4) is 0 Å². The second kappa shape index (κ2) is 9.21. The van der Waals surface area contributed by atoms with Crippen LogP contribution in [0.15, 0.2) is 96.4 Å². The Balaban J connectivity index is 1.90. The second-order valence-electron chi connectivity index (χ2n) is 7.43. The Morgan fingerprint density at radius 3 is 1.30 bits per heavy atom. The maximum absolute atomic E-state index is 3.76. The number of alkyl halides is 2. The fourth-order valence-electron chi connectivity index (χ4n) is 3.65. The van der Waals surface area contributed by atoms with Gasteiger partial charge < -0.3 is 0 Å². The Bertz CT molecular complexity index is 1210. The molecule has 0 aliphatic carbocycles. The van der Waals surface area contributed by atoms with Crippen molar-refractivity contribution in [2.75, 3.05) is 0 Å². The van der Waals surface area contributed by atoms with Gasteiger partial charge >= 0.3 is 0 Å². The SMILES string of the molecule is CC(Br)C(=C=C=C(c1ccc2ccccc2c1)C(C)Br)c1ccc2ccccc2c1. The van der Waals surface area contributed by atoms with Crippen molar-refractivity contribution in [3.8, 4) is 0 Å². The van der Waals surface area contributed by atoms with Gasteiger partial charge in [-0.3, -0.25) is 0 Å². The van der Waals surface area contributed by atoms with E-state index in [1.54, 1.807) is 0 Å². The third-order valence-corrected chi connectivity index (χ3v) is 6.16. The van der Waals surface area contributed by atoms with Crippen molar-refractivity contribution in [3.05, 3.63) is 108 Å². The van der Waals surface area contributed by atoms with Crippen molar-refractivity contribution in [2.24, 2.45) is 0 Å². The van der Waals surface area contributed by atoms with Crippen LogP contribution in [-0.2, 0) is 0 Å². The van der Waals surface area contributed by atoms with Gasteiger partial charge in [-0.15, -0.1) is 0 Å². The summed E-state index contributed by atoms with van der Waals surface area (Å²) in [5, 5.41) is 4.95. The summed E-state index contributed by atoms with van der Waals surface area (Å²) in [7, 11) is 0. The highest BCUT2D eigenvalue weighted by Crippen LogP contribution is 2.28. The molecule has 30 heavy (non-hydrogen) atoms. The Labute approximate surface area is 194 Å². The van der Waals surface area contributed by atoms with Crippen LogP contribution >= 0.6 is 31.9 Å². The first kappa shape index (κ1) is 20.9. The molecule has 0 amide bonds. The fourth-order valence-corrected chi connectivity index (χ4v) is 4.41. The van der Waals surface area contributed by atoms with Crippen LogP contribution in [0, 0.1) is 0 Å². The lowest BCUT2D eigenvalue weighted by molar-refractivity contribution is 1.28. The number of rotatable bonds is 4. The molecule has 0 aliphatic rings. The number of halogens is 2. The van der Waals surface area contributed by atoms with Crippen molar-refractivity contribution in [1.82, 2.24) is 0 Å². The molecule has 0 heterocycles. The molecule has 2 atom stereocenters. The van der Waals surface area contributed by atoms with Crippen molar-refractivity contribution in [1.29, 1.82) is 0 Å². The van der Waals surface area contributed by atoms with Gasteiger partial charge in [-0.25, -0.2) is 0 Å². The van der Waals surface area contributed by atoms with Gasteiger partial charge in [0, 0.05) is 20.8 Å². The molecule has 0 nitrogen and oxygen atoms in total. The molecule has 2 heteroatoms. The second-order valence-corrected chi connectivity index (χ2v) is 10.2. The van der Waals surface area contributed by atoms with E-state index in [-0.39, 0.29) is 9.65 Å². The molecule has 0 saturated carbocycles. The van der Waals surface area contributed by atoms with Gasteiger partial charge in [-0.1, -0.05) is 116 Å². The highest BCUT2D eigenvalue weighted by atomic mass is 79.9. The van der Waals surface area contributed by atoms with E-state index in [4.69, 9.17) is 0 Å². The summed E-state index contributed by atoms with van der Waals surface area (Å²) in [6.45, 7) is 4.26. The quantitative estimate of drug-likeness (QED) is 0.187. The summed E-state index contributed by atoms with van der Waals surface area (Å²) in [5.74, 6) is 0. The van der Waals surface area contributed by atoms with E-state index in [1.807, 2.05) is 0 Å². The topological polar surface area (TPSA) is 0 Å². The molecule has 0 spiro atoms. The summed E-state index contributed by atoms with van der Waals surface area (Å²) in [5.41, 5.74) is 11.5. The van der Waals surface area contributed by atoms with Crippen LogP contribution in [0.5, 0.6) is 0 Å². The van der Waals surface area contributed by atoms with Gasteiger partial charge in [0.05, 0.1) is 0 Å². The van der Waals surface area contributed by atoms with Gasteiger partial charge in [-0.05, 0) is 58.7 Å². The predicted molar refractivity (Wildman–Crippen MR) is 139 cm³/mol. The molecule has 0 radical (unpaired) electrons. The number of hydrogen-bond acceptors (Lipinski definition) is 0. The van der Waals surface area contributed by atoms with Crippen molar-refractivity contribution in [3.63, 3.8) is 0 Å². The molecule has 0 saturated heterocycles. The minimum Gasteiger partial charge on any atom is -0.0834 e. The van der Waals surface area contributed by atoms with Gasteiger partial charge in [0.1, 0.15) is 0 Å². The maximum atomic E-state index is 3.76. The zero-order valence-electron chi connectivity index (χ0n) is 17.0. The lowest BCUT2D eigenvalue weighted by Gasteiger charge is -2.10. The first-order valence-corrected chi connectivity index (χ1v) is 11.9. The summed E-state index contributed by atoms with van der Waals surface area (Å²) < 4.78 is 0. The summed E-state index contributed by atoms with van der Waals surface area (Å²) >= 11 is 7.51. The molecule has 2 unspecified atom stereocenters. The van der Waals surface area contributed by atoms with Crippen molar-refractivity contribution < 1.29 is 0 Å². The van der Waals surface area contributed by atoms with Crippen LogP contribution in [-0.4, -0.2) is 9.65 Å². The Kier molecular flexibility index (Phi) is 6.42. The molecule has 0 aliphatic heterocycles. The molecule has 0 N–H and O–H groups in total. The molecule has 0 aromatic heterocycles. The first-order chi connectivity index (χ1) is 14.5. The maximum Gasteiger partial charge on any atom is 0.0452 e. The van der Waals surface area contributed by atoms with Gasteiger partial charge in [0.15, 0.2) is 0 Å². The van der Waals surface area contributed by atoms with Crippen LogP contribution in [0.25, 0.3) is 32.7 Å².